The first-order valence-corrected chi connectivity index (χ1v) is 7.50. The summed E-state index contributed by atoms with van der Waals surface area (Å²) < 4.78 is 26.0. The minimum absolute atomic E-state index is 0.195. The van der Waals surface area contributed by atoms with Gasteiger partial charge in [-0.25, -0.2) is 8.42 Å². The van der Waals surface area contributed by atoms with E-state index < -0.39 is 44.1 Å². The van der Waals surface area contributed by atoms with Gasteiger partial charge in [0.05, 0.1) is 4.92 Å². The summed E-state index contributed by atoms with van der Waals surface area (Å²) in [5, 5.41) is 19.9. The lowest BCUT2D eigenvalue weighted by atomic mass is 10.2. The van der Waals surface area contributed by atoms with Gasteiger partial charge in [-0.05, 0) is 26.3 Å². The average molecular weight is 316 g/mol. The van der Waals surface area contributed by atoms with Crippen molar-refractivity contribution in [1.29, 1.82) is 0 Å². The Hall–Kier alpha value is -2.00. The van der Waals surface area contributed by atoms with E-state index in [4.69, 9.17) is 5.11 Å². The van der Waals surface area contributed by atoms with Gasteiger partial charge in [-0.1, -0.05) is 12.1 Å². The summed E-state index contributed by atoms with van der Waals surface area (Å²) in [4.78, 5) is 20.6. The summed E-state index contributed by atoms with van der Waals surface area (Å²) in [5.41, 5.74) is -0.369. The standard InChI is InChI=1S/C12H16N2O6S/c1-8(2)13(7-11(15)16)21(19,20)12-9(3)5-4-6-10(12)14(17)18/h4-6,8H,7H2,1-3H3,(H,15,16). The van der Waals surface area contributed by atoms with Gasteiger partial charge in [-0.2, -0.15) is 4.31 Å². The lowest BCUT2D eigenvalue weighted by Gasteiger charge is -2.24. The number of rotatable bonds is 6. The van der Waals surface area contributed by atoms with Crippen LogP contribution in [0.3, 0.4) is 0 Å². The molecule has 0 spiro atoms. The molecule has 8 nitrogen and oxygen atoms in total. The molecule has 0 aliphatic heterocycles. The summed E-state index contributed by atoms with van der Waals surface area (Å²) in [5.74, 6) is -1.33. The van der Waals surface area contributed by atoms with Gasteiger partial charge in [0.25, 0.3) is 15.7 Å². The maximum Gasteiger partial charge on any atom is 0.318 e. The molecule has 0 unspecified atom stereocenters. The number of carboxylic acid groups (broad SMARTS) is 1. The highest BCUT2D eigenvalue weighted by atomic mass is 32.2. The van der Waals surface area contributed by atoms with Gasteiger partial charge in [0.1, 0.15) is 6.54 Å². The molecule has 1 N–H and O–H groups in total. The van der Waals surface area contributed by atoms with Gasteiger partial charge < -0.3 is 5.11 Å². The maximum atomic E-state index is 12.6. The zero-order valence-corrected chi connectivity index (χ0v) is 12.6. The van der Waals surface area contributed by atoms with Crippen LogP contribution in [0.25, 0.3) is 0 Å². The number of hydrogen-bond acceptors (Lipinski definition) is 5. The monoisotopic (exact) mass is 316 g/mol. The van der Waals surface area contributed by atoms with Gasteiger partial charge in [0.15, 0.2) is 4.90 Å². The lowest BCUT2D eigenvalue weighted by Crippen LogP contribution is -2.41. The third-order valence-electron chi connectivity index (χ3n) is 2.82. The molecule has 0 aromatic heterocycles. The van der Waals surface area contributed by atoms with E-state index in [-0.39, 0.29) is 5.56 Å². The first-order chi connectivity index (χ1) is 9.59. The van der Waals surface area contributed by atoms with Gasteiger partial charge in [0.2, 0.25) is 0 Å². The molecule has 0 aliphatic carbocycles. The number of hydrogen-bond donors (Lipinski definition) is 1. The third-order valence-corrected chi connectivity index (χ3v) is 5.04. The Morgan fingerprint density at radius 3 is 2.43 bits per heavy atom. The zero-order chi connectivity index (χ0) is 16.4. The van der Waals surface area contributed by atoms with Crippen LogP contribution in [0, 0.1) is 17.0 Å². The van der Waals surface area contributed by atoms with Crippen LogP contribution in [-0.2, 0) is 14.8 Å². The van der Waals surface area contributed by atoms with E-state index in [0.29, 0.717) is 0 Å². The van der Waals surface area contributed by atoms with Crippen molar-refractivity contribution in [2.45, 2.75) is 31.7 Å². The summed E-state index contributed by atoms with van der Waals surface area (Å²) >= 11 is 0. The normalized spacial score (nSPS) is 11.9. The Morgan fingerprint density at radius 1 is 1.43 bits per heavy atom. The second kappa shape index (κ2) is 6.19. The Balaban J connectivity index is 3.56. The highest BCUT2D eigenvalue weighted by Gasteiger charge is 2.35. The molecule has 21 heavy (non-hydrogen) atoms. The van der Waals surface area contributed by atoms with E-state index in [1.165, 1.54) is 32.9 Å². The van der Waals surface area contributed by atoms with Gasteiger partial charge in [-0.3, -0.25) is 14.9 Å². The quantitative estimate of drug-likeness (QED) is 0.626. The summed E-state index contributed by atoms with van der Waals surface area (Å²) in [6.45, 7) is 3.68. The van der Waals surface area contributed by atoms with Crippen LogP contribution in [0.5, 0.6) is 0 Å². The third kappa shape index (κ3) is 3.56. The average Bonchev–Trinajstić information content (AvgIpc) is 2.34. The summed E-state index contributed by atoms with van der Waals surface area (Å²) in [6.07, 6.45) is 0. The van der Waals surface area contributed by atoms with Crippen molar-refractivity contribution >= 4 is 21.7 Å². The lowest BCUT2D eigenvalue weighted by molar-refractivity contribution is -0.387. The van der Waals surface area contributed by atoms with Crippen molar-refractivity contribution in [2.24, 2.45) is 0 Å². The number of aryl methyl sites for hydroxylation is 1. The SMILES string of the molecule is Cc1cccc([N+](=O)[O-])c1S(=O)(=O)N(CC(=O)O)C(C)C. The molecule has 0 heterocycles. The van der Waals surface area contributed by atoms with E-state index in [0.717, 1.165) is 10.4 Å². The Morgan fingerprint density at radius 2 is 2.00 bits per heavy atom. The largest absolute Gasteiger partial charge is 0.480 e. The first-order valence-electron chi connectivity index (χ1n) is 6.06. The molecule has 0 aliphatic rings. The fraction of sp³-hybridized carbons (Fsp3) is 0.417. The molecule has 0 radical (unpaired) electrons. The van der Waals surface area contributed by atoms with Gasteiger partial charge >= 0.3 is 5.97 Å². The molecule has 0 atom stereocenters. The van der Waals surface area contributed by atoms with Crippen LogP contribution in [-0.4, -0.2) is 41.3 Å². The second-order valence-corrected chi connectivity index (χ2v) is 6.55. The first kappa shape index (κ1) is 17.1. The van der Waals surface area contributed by atoms with Crippen LogP contribution < -0.4 is 0 Å². The topological polar surface area (TPSA) is 118 Å². The van der Waals surface area contributed by atoms with Crippen LogP contribution >= 0.6 is 0 Å². The highest BCUT2D eigenvalue weighted by molar-refractivity contribution is 7.89. The molecular formula is C12H16N2O6S. The van der Waals surface area contributed by atoms with E-state index in [9.17, 15) is 23.3 Å². The Labute approximate surface area is 122 Å². The maximum absolute atomic E-state index is 12.6. The van der Waals surface area contributed by atoms with Gasteiger partial charge in [-0.15, -0.1) is 0 Å². The van der Waals surface area contributed by atoms with Crippen LogP contribution in [0.1, 0.15) is 19.4 Å². The predicted octanol–water partition coefficient (Wildman–Crippen LogP) is 1.39. The number of aliphatic carboxylic acids is 1. The summed E-state index contributed by atoms with van der Waals surface area (Å²) in [7, 11) is -4.29. The van der Waals surface area contributed by atoms with Crippen LogP contribution in [0.2, 0.25) is 0 Å². The predicted molar refractivity (Wildman–Crippen MR) is 74.5 cm³/mol. The molecule has 9 heteroatoms. The second-order valence-electron chi connectivity index (χ2n) is 4.72. The molecule has 0 bridgehead atoms. The molecule has 1 aromatic carbocycles. The minimum Gasteiger partial charge on any atom is -0.480 e. The summed E-state index contributed by atoms with van der Waals surface area (Å²) in [6, 6.07) is 3.24. The van der Waals surface area contributed by atoms with E-state index in [1.807, 2.05) is 0 Å². The van der Waals surface area contributed by atoms with Gasteiger partial charge in [0, 0.05) is 12.1 Å². The molecule has 116 valence electrons. The number of nitrogens with zero attached hydrogens (tertiary/aromatic N) is 2. The molecule has 1 rings (SSSR count). The number of benzene rings is 1. The smallest absolute Gasteiger partial charge is 0.318 e. The zero-order valence-electron chi connectivity index (χ0n) is 11.8. The number of nitro benzene ring substituents is 1. The van der Waals surface area contributed by atoms with Crippen LogP contribution in [0.15, 0.2) is 23.1 Å². The minimum atomic E-state index is -4.29. The molecule has 0 amide bonds. The molecular weight excluding hydrogens is 300 g/mol. The van der Waals surface area contributed by atoms with E-state index in [1.54, 1.807) is 0 Å². The fourth-order valence-corrected chi connectivity index (χ4v) is 3.86. The highest BCUT2D eigenvalue weighted by Crippen LogP contribution is 2.30. The van der Waals surface area contributed by atoms with Crippen LogP contribution in [0.4, 0.5) is 5.69 Å². The molecule has 0 fully saturated rings. The van der Waals surface area contributed by atoms with Crippen molar-refractivity contribution in [3.8, 4) is 0 Å². The van der Waals surface area contributed by atoms with E-state index in [2.05, 4.69) is 0 Å². The van der Waals surface area contributed by atoms with Crippen molar-refractivity contribution < 1.29 is 23.2 Å². The molecule has 0 saturated heterocycles. The van der Waals surface area contributed by atoms with Crippen molar-refractivity contribution in [3.05, 3.63) is 33.9 Å². The number of sulfonamides is 1. The van der Waals surface area contributed by atoms with Crippen molar-refractivity contribution in [1.82, 2.24) is 4.31 Å². The molecule has 1 aromatic rings. The fourth-order valence-electron chi connectivity index (χ4n) is 1.91. The van der Waals surface area contributed by atoms with Crippen molar-refractivity contribution in [3.63, 3.8) is 0 Å². The number of carbonyl (C=O) groups is 1. The Kier molecular flexibility index (Phi) is 5.02. The molecule has 0 saturated carbocycles. The van der Waals surface area contributed by atoms with Crippen molar-refractivity contribution in [2.75, 3.05) is 6.54 Å². The van der Waals surface area contributed by atoms with E-state index >= 15 is 0 Å². The number of nitro groups is 1. The Bertz CT molecular complexity index is 668. The number of carboxylic acids is 1.